The fourth-order valence-electron chi connectivity index (χ4n) is 1.56. The number of ether oxygens (including phenoxy) is 2. The zero-order chi connectivity index (χ0) is 11.2. The van der Waals surface area contributed by atoms with Gasteiger partial charge in [0.25, 0.3) is 0 Å². The standard InChI is InChI=1S/C13H26O2/c1-14-12-10-8-6-4-3-5-7-9-11-13-15-2/h10,12H,3-9,11,13H2,1-2H3. The lowest BCUT2D eigenvalue weighted by Crippen LogP contribution is -1.88. The highest BCUT2D eigenvalue weighted by Crippen LogP contribution is 2.08. The second kappa shape index (κ2) is 13.5. The zero-order valence-electron chi connectivity index (χ0n) is 10.3. The van der Waals surface area contributed by atoms with Gasteiger partial charge in [0.2, 0.25) is 0 Å². The normalized spacial score (nSPS) is 11.1. The molecule has 0 saturated carbocycles. The predicted molar refractivity (Wildman–Crippen MR) is 65.0 cm³/mol. The van der Waals surface area contributed by atoms with Crippen molar-refractivity contribution >= 4 is 0 Å². The first-order chi connectivity index (χ1) is 7.41. The van der Waals surface area contributed by atoms with Crippen molar-refractivity contribution in [1.29, 1.82) is 0 Å². The van der Waals surface area contributed by atoms with Crippen LogP contribution in [0.1, 0.15) is 51.4 Å². The maximum atomic E-state index is 5.01. The monoisotopic (exact) mass is 214 g/mol. The summed E-state index contributed by atoms with van der Waals surface area (Å²) in [4.78, 5) is 0. The third-order valence-corrected chi connectivity index (χ3v) is 2.45. The van der Waals surface area contributed by atoms with E-state index in [0.717, 1.165) is 13.0 Å². The highest BCUT2D eigenvalue weighted by atomic mass is 16.5. The van der Waals surface area contributed by atoms with Crippen LogP contribution in [0.25, 0.3) is 0 Å². The smallest absolute Gasteiger partial charge is 0.0784 e. The molecular formula is C13H26O2. The van der Waals surface area contributed by atoms with E-state index < -0.39 is 0 Å². The van der Waals surface area contributed by atoms with E-state index in [-0.39, 0.29) is 0 Å². The Hall–Kier alpha value is -0.500. The Morgan fingerprint density at radius 3 is 2.00 bits per heavy atom. The minimum atomic E-state index is 0.918. The molecule has 0 spiro atoms. The van der Waals surface area contributed by atoms with Crippen molar-refractivity contribution in [3.8, 4) is 0 Å². The van der Waals surface area contributed by atoms with Crippen molar-refractivity contribution in [3.05, 3.63) is 12.3 Å². The van der Waals surface area contributed by atoms with Gasteiger partial charge in [0, 0.05) is 13.7 Å². The van der Waals surface area contributed by atoms with Gasteiger partial charge in [-0.25, -0.2) is 0 Å². The highest BCUT2D eigenvalue weighted by molar-refractivity contribution is 4.72. The molecule has 0 aliphatic heterocycles. The van der Waals surface area contributed by atoms with Crippen LogP contribution in [0.5, 0.6) is 0 Å². The Morgan fingerprint density at radius 1 is 0.800 bits per heavy atom. The van der Waals surface area contributed by atoms with Crippen molar-refractivity contribution < 1.29 is 9.47 Å². The van der Waals surface area contributed by atoms with Crippen LogP contribution in [0.15, 0.2) is 12.3 Å². The number of unbranched alkanes of at least 4 members (excludes halogenated alkanes) is 7. The summed E-state index contributed by atoms with van der Waals surface area (Å²) in [6, 6.07) is 0. The van der Waals surface area contributed by atoms with Crippen LogP contribution >= 0.6 is 0 Å². The number of allylic oxidation sites excluding steroid dienone is 1. The molecule has 2 nitrogen and oxygen atoms in total. The maximum absolute atomic E-state index is 5.01. The van der Waals surface area contributed by atoms with Crippen LogP contribution in [-0.2, 0) is 9.47 Å². The summed E-state index contributed by atoms with van der Waals surface area (Å²) in [6.07, 6.45) is 14.3. The third kappa shape index (κ3) is 13.5. The van der Waals surface area contributed by atoms with E-state index in [1.807, 2.05) is 0 Å². The summed E-state index contributed by atoms with van der Waals surface area (Å²) in [6.45, 7) is 0.918. The van der Waals surface area contributed by atoms with Gasteiger partial charge in [-0.05, 0) is 25.3 Å². The lowest BCUT2D eigenvalue weighted by molar-refractivity contribution is 0.192. The number of hydrogen-bond acceptors (Lipinski definition) is 2. The van der Waals surface area contributed by atoms with Crippen molar-refractivity contribution in [2.75, 3.05) is 20.8 Å². The fourth-order valence-corrected chi connectivity index (χ4v) is 1.56. The molecule has 0 bridgehead atoms. The van der Waals surface area contributed by atoms with Gasteiger partial charge in [0.1, 0.15) is 0 Å². The molecule has 0 rings (SSSR count). The molecule has 0 N–H and O–H groups in total. The van der Waals surface area contributed by atoms with E-state index in [9.17, 15) is 0 Å². The topological polar surface area (TPSA) is 18.5 Å². The lowest BCUT2D eigenvalue weighted by Gasteiger charge is -2.00. The second-order valence-electron chi connectivity index (χ2n) is 3.86. The van der Waals surface area contributed by atoms with Gasteiger partial charge in [0.15, 0.2) is 0 Å². The van der Waals surface area contributed by atoms with E-state index in [1.165, 1.54) is 44.9 Å². The van der Waals surface area contributed by atoms with E-state index in [4.69, 9.17) is 9.47 Å². The van der Waals surface area contributed by atoms with Gasteiger partial charge in [0.05, 0.1) is 13.4 Å². The molecule has 0 radical (unpaired) electrons. The van der Waals surface area contributed by atoms with Gasteiger partial charge < -0.3 is 9.47 Å². The molecule has 0 fully saturated rings. The number of hydrogen-bond donors (Lipinski definition) is 0. The van der Waals surface area contributed by atoms with Crippen LogP contribution in [0, 0.1) is 0 Å². The average Bonchev–Trinajstić information content (AvgIpc) is 2.26. The summed E-state index contributed by atoms with van der Waals surface area (Å²) in [5, 5.41) is 0. The van der Waals surface area contributed by atoms with Crippen molar-refractivity contribution in [1.82, 2.24) is 0 Å². The summed E-state index contributed by atoms with van der Waals surface area (Å²) in [7, 11) is 3.46. The molecular weight excluding hydrogens is 188 g/mol. The molecule has 2 heteroatoms. The van der Waals surface area contributed by atoms with E-state index in [2.05, 4.69) is 6.08 Å². The minimum absolute atomic E-state index is 0.918. The molecule has 0 aromatic heterocycles. The predicted octanol–water partition coefficient (Wildman–Crippen LogP) is 3.91. The van der Waals surface area contributed by atoms with E-state index in [1.54, 1.807) is 20.5 Å². The summed E-state index contributed by atoms with van der Waals surface area (Å²) in [5.41, 5.74) is 0. The summed E-state index contributed by atoms with van der Waals surface area (Å²) in [5.74, 6) is 0. The minimum Gasteiger partial charge on any atom is -0.505 e. The molecule has 0 aromatic carbocycles. The van der Waals surface area contributed by atoms with Crippen LogP contribution in [-0.4, -0.2) is 20.8 Å². The summed E-state index contributed by atoms with van der Waals surface area (Å²) < 4.78 is 9.84. The molecule has 0 aliphatic rings. The average molecular weight is 214 g/mol. The molecule has 0 aliphatic carbocycles. The van der Waals surface area contributed by atoms with Crippen molar-refractivity contribution in [2.24, 2.45) is 0 Å². The van der Waals surface area contributed by atoms with E-state index >= 15 is 0 Å². The van der Waals surface area contributed by atoms with Crippen LogP contribution in [0.2, 0.25) is 0 Å². The Bertz CT molecular complexity index is 132. The molecule has 0 amide bonds. The quantitative estimate of drug-likeness (QED) is 0.383. The lowest BCUT2D eigenvalue weighted by atomic mass is 10.1. The molecule has 0 heterocycles. The SMILES string of the molecule is COC=CCCCCCCCCCOC. The third-order valence-electron chi connectivity index (χ3n) is 2.45. The molecule has 15 heavy (non-hydrogen) atoms. The van der Waals surface area contributed by atoms with Gasteiger partial charge >= 0.3 is 0 Å². The van der Waals surface area contributed by atoms with Crippen LogP contribution in [0.4, 0.5) is 0 Å². The van der Waals surface area contributed by atoms with Gasteiger partial charge in [-0.1, -0.05) is 32.1 Å². The first-order valence-corrected chi connectivity index (χ1v) is 6.08. The summed E-state index contributed by atoms with van der Waals surface area (Å²) >= 11 is 0. The molecule has 0 unspecified atom stereocenters. The maximum Gasteiger partial charge on any atom is 0.0784 e. The highest BCUT2D eigenvalue weighted by Gasteiger charge is 1.90. The van der Waals surface area contributed by atoms with Crippen molar-refractivity contribution in [3.63, 3.8) is 0 Å². The molecule has 0 aromatic rings. The van der Waals surface area contributed by atoms with Gasteiger partial charge in [-0.15, -0.1) is 0 Å². The Balaban J connectivity index is 2.89. The van der Waals surface area contributed by atoms with Crippen LogP contribution < -0.4 is 0 Å². The largest absolute Gasteiger partial charge is 0.505 e. The second-order valence-corrected chi connectivity index (χ2v) is 3.86. The molecule has 0 saturated heterocycles. The molecule has 90 valence electrons. The van der Waals surface area contributed by atoms with Gasteiger partial charge in [-0.3, -0.25) is 0 Å². The Labute approximate surface area is 94.7 Å². The molecule has 0 atom stereocenters. The van der Waals surface area contributed by atoms with Crippen LogP contribution in [0.3, 0.4) is 0 Å². The van der Waals surface area contributed by atoms with Gasteiger partial charge in [-0.2, -0.15) is 0 Å². The first-order valence-electron chi connectivity index (χ1n) is 6.08. The van der Waals surface area contributed by atoms with Crippen molar-refractivity contribution in [2.45, 2.75) is 51.4 Å². The number of methoxy groups -OCH3 is 2. The number of rotatable bonds is 11. The Kier molecular flexibility index (Phi) is 13.1. The first kappa shape index (κ1) is 14.5. The van der Waals surface area contributed by atoms with E-state index in [0.29, 0.717) is 0 Å². The zero-order valence-corrected chi connectivity index (χ0v) is 10.3. The Morgan fingerprint density at radius 2 is 1.40 bits per heavy atom. The fraction of sp³-hybridized carbons (Fsp3) is 0.846.